The number of likely N-dealkylation sites (tertiary alicyclic amines) is 1. The molecule has 2 aromatic carbocycles. The van der Waals surface area contributed by atoms with Gasteiger partial charge in [-0.15, -0.1) is 0 Å². The Hall–Kier alpha value is -2.33. The number of carbonyl (C=O) groups is 1. The summed E-state index contributed by atoms with van der Waals surface area (Å²) in [6, 6.07) is 20.2. The number of rotatable bonds is 7. The zero-order valence-electron chi connectivity index (χ0n) is 15.4. The third kappa shape index (κ3) is 5.60. The topological polar surface area (TPSA) is 41.6 Å². The van der Waals surface area contributed by atoms with Crippen LogP contribution in [-0.2, 0) is 11.3 Å². The molecule has 0 unspecified atom stereocenters. The molecule has 4 nitrogen and oxygen atoms in total. The second-order valence-corrected chi connectivity index (χ2v) is 7.07. The summed E-state index contributed by atoms with van der Waals surface area (Å²) in [5.74, 6) is 1.11. The van der Waals surface area contributed by atoms with E-state index in [4.69, 9.17) is 4.74 Å². The van der Waals surface area contributed by atoms with Crippen molar-refractivity contribution in [2.45, 2.75) is 32.4 Å². The lowest BCUT2D eigenvalue weighted by atomic mass is 9.95. The quantitative estimate of drug-likeness (QED) is 0.829. The molecule has 4 heteroatoms. The number of carbonyl (C=O) groups excluding carboxylic acids is 1. The predicted octanol–water partition coefficient (Wildman–Crippen LogP) is 3.48. The molecule has 0 saturated carbocycles. The van der Waals surface area contributed by atoms with E-state index in [1.54, 1.807) is 0 Å². The summed E-state index contributed by atoms with van der Waals surface area (Å²) in [5.41, 5.74) is 1.34. The van der Waals surface area contributed by atoms with Crippen LogP contribution in [0, 0.1) is 5.92 Å². The molecule has 26 heavy (non-hydrogen) atoms. The van der Waals surface area contributed by atoms with E-state index in [1.807, 2.05) is 43.3 Å². The summed E-state index contributed by atoms with van der Waals surface area (Å²) in [7, 11) is 0. The maximum atomic E-state index is 12.5. The van der Waals surface area contributed by atoms with Crippen LogP contribution in [0.25, 0.3) is 0 Å². The molecule has 1 fully saturated rings. The van der Waals surface area contributed by atoms with Crippen LogP contribution in [0.3, 0.4) is 0 Å². The first-order valence-electron chi connectivity index (χ1n) is 9.45. The summed E-state index contributed by atoms with van der Waals surface area (Å²) in [6.45, 7) is 5.40. The summed E-state index contributed by atoms with van der Waals surface area (Å²) in [5, 5.41) is 3.10. The molecule has 1 amide bonds. The molecule has 0 spiro atoms. The van der Waals surface area contributed by atoms with Crippen LogP contribution < -0.4 is 10.1 Å². The first-order valence-corrected chi connectivity index (χ1v) is 9.45. The average Bonchev–Trinajstić information content (AvgIpc) is 2.68. The van der Waals surface area contributed by atoms with Gasteiger partial charge < -0.3 is 10.1 Å². The van der Waals surface area contributed by atoms with Gasteiger partial charge in [0, 0.05) is 12.5 Å². The molecule has 0 bridgehead atoms. The first-order chi connectivity index (χ1) is 12.7. The van der Waals surface area contributed by atoms with Gasteiger partial charge in [0.2, 0.25) is 5.91 Å². The zero-order chi connectivity index (χ0) is 18.2. The predicted molar refractivity (Wildman–Crippen MR) is 104 cm³/mol. The number of hydrogen-bond donors (Lipinski definition) is 1. The van der Waals surface area contributed by atoms with Crippen LogP contribution in [0.2, 0.25) is 0 Å². The first kappa shape index (κ1) is 18.5. The van der Waals surface area contributed by atoms with Gasteiger partial charge in [-0.3, -0.25) is 9.69 Å². The lowest BCUT2D eigenvalue weighted by molar-refractivity contribution is -0.127. The van der Waals surface area contributed by atoms with Crippen LogP contribution in [-0.4, -0.2) is 36.5 Å². The van der Waals surface area contributed by atoms with Gasteiger partial charge in [-0.05, 0) is 50.6 Å². The molecule has 1 heterocycles. The van der Waals surface area contributed by atoms with E-state index in [2.05, 4.69) is 34.5 Å². The van der Waals surface area contributed by atoms with Crippen molar-refractivity contribution in [2.75, 3.05) is 19.7 Å². The smallest absolute Gasteiger partial charge is 0.223 e. The maximum absolute atomic E-state index is 12.5. The molecule has 0 aliphatic carbocycles. The Morgan fingerprint density at radius 2 is 1.69 bits per heavy atom. The number of para-hydroxylation sites is 1. The van der Waals surface area contributed by atoms with E-state index in [1.165, 1.54) is 5.56 Å². The molecule has 3 rings (SSSR count). The van der Waals surface area contributed by atoms with E-state index in [-0.39, 0.29) is 17.9 Å². The fraction of sp³-hybridized carbons (Fsp3) is 0.409. The van der Waals surface area contributed by atoms with Crippen molar-refractivity contribution < 1.29 is 9.53 Å². The molecule has 0 radical (unpaired) electrons. The largest absolute Gasteiger partial charge is 0.491 e. The highest BCUT2D eigenvalue weighted by Crippen LogP contribution is 2.19. The lowest BCUT2D eigenvalue weighted by Gasteiger charge is -2.31. The zero-order valence-corrected chi connectivity index (χ0v) is 15.4. The van der Waals surface area contributed by atoms with Crippen molar-refractivity contribution in [3.05, 3.63) is 66.2 Å². The number of nitrogens with zero attached hydrogens (tertiary/aromatic N) is 1. The Balaban J connectivity index is 1.37. The summed E-state index contributed by atoms with van der Waals surface area (Å²) >= 11 is 0. The van der Waals surface area contributed by atoms with Crippen molar-refractivity contribution >= 4 is 5.91 Å². The summed E-state index contributed by atoms with van der Waals surface area (Å²) in [6.07, 6.45) is 1.84. The van der Waals surface area contributed by atoms with E-state index < -0.39 is 0 Å². The molecule has 0 aromatic heterocycles. The molecule has 1 atom stereocenters. The van der Waals surface area contributed by atoms with E-state index in [0.717, 1.165) is 38.2 Å². The van der Waals surface area contributed by atoms with Crippen molar-refractivity contribution in [2.24, 2.45) is 5.92 Å². The Labute approximate surface area is 156 Å². The highest BCUT2D eigenvalue weighted by Gasteiger charge is 2.25. The Morgan fingerprint density at radius 1 is 1.08 bits per heavy atom. The van der Waals surface area contributed by atoms with Gasteiger partial charge in [-0.1, -0.05) is 48.5 Å². The van der Waals surface area contributed by atoms with Crippen molar-refractivity contribution in [3.63, 3.8) is 0 Å². The van der Waals surface area contributed by atoms with E-state index in [9.17, 15) is 4.79 Å². The van der Waals surface area contributed by atoms with Crippen LogP contribution in [0.15, 0.2) is 60.7 Å². The monoisotopic (exact) mass is 352 g/mol. The van der Waals surface area contributed by atoms with Gasteiger partial charge in [0.15, 0.2) is 0 Å². The minimum atomic E-state index is 0.00468. The molecule has 2 aromatic rings. The van der Waals surface area contributed by atoms with Gasteiger partial charge >= 0.3 is 0 Å². The summed E-state index contributed by atoms with van der Waals surface area (Å²) in [4.78, 5) is 14.9. The third-order valence-corrected chi connectivity index (χ3v) is 4.84. The molecule has 1 saturated heterocycles. The highest BCUT2D eigenvalue weighted by atomic mass is 16.5. The molecule has 1 aliphatic heterocycles. The fourth-order valence-corrected chi connectivity index (χ4v) is 3.34. The lowest BCUT2D eigenvalue weighted by Crippen LogP contribution is -2.44. The van der Waals surface area contributed by atoms with Gasteiger partial charge in [0.1, 0.15) is 12.4 Å². The standard InChI is InChI=1S/C22H28N2O2/c1-18(17-26-21-10-6-3-7-11-21)23-22(25)20-12-14-24(15-13-20)16-19-8-4-2-5-9-19/h2-11,18,20H,12-17H2,1H3,(H,23,25)/t18-/m1/s1. The van der Waals surface area contributed by atoms with Crippen molar-refractivity contribution in [3.8, 4) is 5.75 Å². The Kier molecular flexibility index (Phi) is 6.67. The van der Waals surface area contributed by atoms with Crippen LogP contribution in [0.5, 0.6) is 5.75 Å². The molecule has 138 valence electrons. The Morgan fingerprint density at radius 3 is 2.35 bits per heavy atom. The molecular formula is C22H28N2O2. The number of piperidine rings is 1. The van der Waals surface area contributed by atoms with E-state index in [0.29, 0.717) is 6.61 Å². The van der Waals surface area contributed by atoms with Crippen molar-refractivity contribution in [1.82, 2.24) is 10.2 Å². The SMILES string of the molecule is C[C@H](COc1ccccc1)NC(=O)C1CCN(Cc2ccccc2)CC1. The van der Waals surface area contributed by atoms with E-state index >= 15 is 0 Å². The van der Waals surface area contributed by atoms with Gasteiger partial charge in [-0.2, -0.15) is 0 Å². The van der Waals surface area contributed by atoms with Crippen LogP contribution in [0.1, 0.15) is 25.3 Å². The number of amides is 1. The summed E-state index contributed by atoms with van der Waals surface area (Å²) < 4.78 is 5.72. The van der Waals surface area contributed by atoms with Gasteiger partial charge in [-0.25, -0.2) is 0 Å². The normalized spacial score (nSPS) is 16.8. The van der Waals surface area contributed by atoms with Gasteiger partial charge in [0.05, 0.1) is 6.04 Å². The second kappa shape index (κ2) is 9.39. The maximum Gasteiger partial charge on any atom is 0.223 e. The highest BCUT2D eigenvalue weighted by molar-refractivity contribution is 5.79. The minimum Gasteiger partial charge on any atom is -0.491 e. The van der Waals surface area contributed by atoms with Crippen LogP contribution >= 0.6 is 0 Å². The van der Waals surface area contributed by atoms with Crippen LogP contribution in [0.4, 0.5) is 0 Å². The average molecular weight is 352 g/mol. The van der Waals surface area contributed by atoms with Gasteiger partial charge in [0.25, 0.3) is 0 Å². The molecule has 1 N–H and O–H groups in total. The molecule has 1 aliphatic rings. The second-order valence-electron chi connectivity index (χ2n) is 7.07. The number of hydrogen-bond acceptors (Lipinski definition) is 3. The van der Waals surface area contributed by atoms with Crippen molar-refractivity contribution in [1.29, 1.82) is 0 Å². The fourth-order valence-electron chi connectivity index (χ4n) is 3.34. The third-order valence-electron chi connectivity index (χ3n) is 4.84. The number of nitrogens with one attached hydrogen (secondary N) is 1. The minimum absolute atomic E-state index is 0.00468. The Bertz CT molecular complexity index is 667. The number of ether oxygens (including phenoxy) is 1. The molecular weight excluding hydrogens is 324 g/mol. The number of benzene rings is 2.